The van der Waals surface area contributed by atoms with Crippen LogP contribution in [0.5, 0.6) is 0 Å². The van der Waals surface area contributed by atoms with Crippen LogP contribution in [0, 0.1) is 0 Å². The summed E-state index contributed by atoms with van der Waals surface area (Å²) in [5.74, 6) is -0.536. The number of aryl methyl sites for hydroxylation is 1. The summed E-state index contributed by atoms with van der Waals surface area (Å²) in [7, 11) is 0. The Bertz CT molecular complexity index is 823. The van der Waals surface area contributed by atoms with E-state index in [0.29, 0.717) is 5.69 Å². The maximum atomic E-state index is 12.5. The second-order valence-corrected chi connectivity index (χ2v) is 7.20. The van der Waals surface area contributed by atoms with Crippen molar-refractivity contribution in [2.24, 2.45) is 0 Å². The van der Waals surface area contributed by atoms with E-state index in [-0.39, 0.29) is 29.9 Å². The minimum absolute atomic E-state index is 0.122. The third kappa shape index (κ3) is 4.14. The molecule has 0 spiro atoms. The number of thioether (sulfide) groups is 1. The van der Waals surface area contributed by atoms with Crippen LogP contribution >= 0.6 is 11.8 Å². The highest BCUT2D eigenvalue weighted by molar-refractivity contribution is 8.01. The molecule has 0 aromatic heterocycles. The third-order valence-electron chi connectivity index (χ3n) is 4.15. The van der Waals surface area contributed by atoms with E-state index in [1.807, 2.05) is 30.3 Å². The molecule has 0 bridgehead atoms. The quantitative estimate of drug-likeness (QED) is 0.795. The first-order valence-electron chi connectivity index (χ1n) is 8.50. The molecule has 3 rings (SSSR count). The monoisotopic (exact) mass is 368 g/mol. The number of rotatable bonds is 6. The summed E-state index contributed by atoms with van der Waals surface area (Å²) >= 11 is 1.21. The van der Waals surface area contributed by atoms with Gasteiger partial charge in [-0.2, -0.15) is 0 Å². The van der Waals surface area contributed by atoms with Gasteiger partial charge in [0.05, 0.1) is 16.7 Å². The summed E-state index contributed by atoms with van der Waals surface area (Å²) in [4.78, 5) is 38.1. The van der Waals surface area contributed by atoms with Gasteiger partial charge in [0.2, 0.25) is 17.7 Å². The molecule has 0 saturated carbocycles. The van der Waals surface area contributed by atoms with Crippen molar-refractivity contribution in [3.63, 3.8) is 0 Å². The molecule has 2 aromatic carbocycles. The second kappa shape index (κ2) is 8.19. The molecule has 3 amide bonds. The van der Waals surface area contributed by atoms with Gasteiger partial charge in [0, 0.05) is 12.1 Å². The van der Waals surface area contributed by atoms with Crippen LogP contribution < -0.4 is 10.2 Å². The Balaban J connectivity index is 1.57. The molecule has 26 heavy (non-hydrogen) atoms. The van der Waals surface area contributed by atoms with Crippen molar-refractivity contribution in [1.82, 2.24) is 0 Å². The second-order valence-electron chi connectivity index (χ2n) is 6.01. The Hall–Kier alpha value is -2.60. The van der Waals surface area contributed by atoms with Gasteiger partial charge in [-0.15, -0.1) is 11.8 Å². The Labute approximate surface area is 156 Å². The van der Waals surface area contributed by atoms with Crippen molar-refractivity contribution in [1.29, 1.82) is 0 Å². The van der Waals surface area contributed by atoms with E-state index < -0.39 is 5.25 Å². The van der Waals surface area contributed by atoms with Gasteiger partial charge in [-0.1, -0.05) is 37.3 Å². The summed E-state index contributed by atoms with van der Waals surface area (Å²) in [6, 6.07) is 16.5. The number of amides is 3. The number of anilines is 2. The van der Waals surface area contributed by atoms with E-state index >= 15 is 0 Å². The molecule has 1 saturated heterocycles. The lowest BCUT2D eigenvalue weighted by Gasteiger charge is -2.14. The molecule has 134 valence electrons. The van der Waals surface area contributed by atoms with E-state index in [1.54, 1.807) is 24.3 Å². The smallest absolute Gasteiger partial charge is 0.247 e. The molecule has 6 heteroatoms. The minimum atomic E-state index is -0.518. The summed E-state index contributed by atoms with van der Waals surface area (Å²) < 4.78 is 0. The summed E-state index contributed by atoms with van der Waals surface area (Å²) in [6.07, 6.45) is 1.02. The number of carbonyl (C=O) groups is 3. The lowest BCUT2D eigenvalue weighted by Crippen LogP contribution is -2.31. The zero-order valence-electron chi connectivity index (χ0n) is 14.5. The van der Waals surface area contributed by atoms with Crippen LogP contribution in [-0.4, -0.2) is 28.7 Å². The van der Waals surface area contributed by atoms with Gasteiger partial charge in [0.1, 0.15) is 0 Å². The first-order chi connectivity index (χ1) is 12.6. The molecule has 1 heterocycles. The van der Waals surface area contributed by atoms with Crippen LogP contribution in [-0.2, 0) is 20.8 Å². The summed E-state index contributed by atoms with van der Waals surface area (Å²) in [5, 5.41) is 2.32. The maximum absolute atomic E-state index is 12.5. The van der Waals surface area contributed by atoms with Crippen LogP contribution in [0.1, 0.15) is 18.9 Å². The molecule has 1 aliphatic rings. The molecular formula is C20H20N2O3S. The van der Waals surface area contributed by atoms with Crippen LogP contribution in [0.4, 0.5) is 11.4 Å². The molecule has 0 radical (unpaired) electrons. The standard InChI is InChI=1S/C20H20N2O3S/c1-2-14-7-6-8-15(11-14)21-18(23)13-26-17-12-19(24)22(20(17)25)16-9-4-3-5-10-16/h3-11,17H,2,12-13H2,1H3,(H,21,23)/t17-/m1/s1. The Kier molecular flexibility index (Phi) is 5.73. The Morgan fingerprint density at radius 2 is 1.92 bits per heavy atom. The molecule has 0 unspecified atom stereocenters. The predicted molar refractivity (Wildman–Crippen MR) is 104 cm³/mol. The molecule has 5 nitrogen and oxygen atoms in total. The molecule has 1 N–H and O–H groups in total. The van der Waals surface area contributed by atoms with Gasteiger partial charge in [0.15, 0.2) is 0 Å². The van der Waals surface area contributed by atoms with E-state index in [2.05, 4.69) is 12.2 Å². The van der Waals surface area contributed by atoms with E-state index in [4.69, 9.17) is 0 Å². The average Bonchev–Trinajstić information content (AvgIpc) is 2.94. The van der Waals surface area contributed by atoms with E-state index in [9.17, 15) is 14.4 Å². The molecule has 1 fully saturated rings. The normalized spacial score (nSPS) is 16.8. The summed E-state index contributed by atoms with van der Waals surface area (Å²) in [5.41, 5.74) is 2.46. The van der Waals surface area contributed by atoms with Crippen molar-refractivity contribution >= 4 is 40.9 Å². The van der Waals surface area contributed by atoms with Crippen LogP contribution in [0.25, 0.3) is 0 Å². The van der Waals surface area contributed by atoms with Gasteiger partial charge in [-0.05, 0) is 36.2 Å². The van der Waals surface area contributed by atoms with Gasteiger partial charge in [-0.3, -0.25) is 14.4 Å². The van der Waals surface area contributed by atoms with E-state index in [0.717, 1.165) is 17.7 Å². The Morgan fingerprint density at radius 1 is 1.15 bits per heavy atom. The number of hydrogen-bond donors (Lipinski definition) is 1. The number of nitrogens with one attached hydrogen (secondary N) is 1. The predicted octanol–water partition coefficient (Wildman–Crippen LogP) is 3.25. The van der Waals surface area contributed by atoms with Crippen molar-refractivity contribution < 1.29 is 14.4 Å². The van der Waals surface area contributed by atoms with Crippen molar-refractivity contribution in [3.8, 4) is 0 Å². The highest BCUT2D eigenvalue weighted by Crippen LogP contribution is 2.29. The molecule has 1 atom stereocenters. The zero-order chi connectivity index (χ0) is 18.5. The van der Waals surface area contributed by atoms with Crippen molar-refractivity contribution in [3.05, 3.63) is 60.2 Å². The highest BCUT2D eigenvalue weighted by atomic mass is 32.2. The van der Waals surface area contributed by atoms with Crippen LogP contribution in [0.3, 0.4) is 0 Å². The fourth-order valence-corrected chi connectivity index (χ4v) is 3.76. The maximum Gasteiger partial charge on any atom is 0.247 e. The average molecular weight is 368 g/mol. The molecule has 1 aliphatic heterocycles. The Morgan fingerprint density at radius 3 is 2.65 bits per heavy atom. The van der Waals surface area contributed by atoms with Crippen LogP contribution in [0.15, 0.2) is 54.6 Å². The lowest BCUT2D eigenvalue weighted by atomic mass is 10.1. The van der Waals surface area contributed by atoms with Gasteiger partial charge in [-0.25, -0.2) is 4.90 Å². The van der Waals surface area contributed by atoms with Gasteiger partial charge in [0.25, 0.3) is 0 Å². The fraction of sp³-hybridized carbons (Fsp3) is 0.250. The number of carbonyl (C=O) groups excluding carboxylic acids is 3. The van der Waals surface area contributed by atoms with Gasteiger partial charge >= 0.3 is 0 Å². The topological polar surface area (TPSA) is 66.5 Å². The first kappa shape index (κ1) is 18.2. The number of hydrogen-bond acceptors (Lipinski definition) is 4. The van der Waals surface area contributed by atoms with Crippen molar-refractivity contribution in [2.45, 2.75) is 25.0 Å². The highest BCUT2D eigenvalue weighted by Gasteiger charge is 2.39. The number of imide groups is 1. The van der Waals surface area contributed by atoms with Gasteiger partial charge < -0.3 is 5.32 Å². The van der Waals surface area contributed by atoms with E-state index in [1.165, 1.54) is 16.7 Å². The third-order valence-corrected chi connectivity index (χ3v) is 5.35. The van der Waals surface area contributed by atoms with Crippen LogP contribution in [0.2, 0.25) is 0 Å². The lowest BCUT2D eigenvalue weighted by molar-refractivity contribution is -0.121. The molecular weight excluding hydrogens is 348 g/mol. The minimum Gasteiger partial charge on any atom is -0.325 e. The summed E-state index contributed by atoms with van der Waals surface area (Å²) in [6.45, 7) is 2.05. The zero-order valence-corrected chi connectivity index (χ0v) is 15.3. The fourth-order valence-electron chi connectivity index (χ4n) is 2.82. The number of nitrogens with zero attached hydrogens (tertiary/aromatic N) is 1. The largest absolute Gasteiger partial charge is 0.325 e. The number of benzene rings is 2. The molecule has 0 aliphatic carbocycles. The first-order valence-corrected chi connectivity index (χ1v) is 9.55. The molecule has 2 aromatic rings. The number of para-hydroxylation sites is 1. The van der Waals surface area contributed by atoms with Crippen molar-refractivity contribution in [2.75, 3.05) is 16.0 Å². The SMILES string of the molecule is CCc1cccc(NC(=O)CS[C@@H]2CC(=O)N(c3ccccc3)C2=O)c1.